The second kappa shape index (κ2) is 18.8. The molecule has 228 valence electrons. The number of benzene rings is 3. The smallest absolute Gasteiger partial charge is 0.326 e. The monoisotopic (exact) mass is 595 g/mol. The van der Waals surface area contributed by atoms with Gasteiger partial charge in [0.2, 0.25) is 6.79 Å². The molecular weight excluding hydrogens is 550 g/mol. The summed E-state index contributed by atoms with van der Waals surface area (Å²) in [5.74, 6) is 0.638. The number of aryl methyl sites for hydroxylation is 1. The van der Waals surface area contributed by atoms with Crippen LogP contribution in [0.1, 0.15) is 74.0 Å². The van der Waals surface area contributed by atoms with Crippen LogP contribution in [0.5, 0.6) is 11.5 Å². The van der Waals surface area contributed by atoms with Crippen LogP contribution in [0.3, 0.4) is 0 Å². The Labute approximate surface area is 255 Å². The van der Waals surface area contributed by atoms with E-state index in [0.29, 0.717) is 36.7 Å². The van der Waals surface area contributed by atoms with Crippen molar-refractivity contribution in [1.82, 2.24) is 5.32 Å². The fourth-order valence-electron chi connectivity index (χ4n) is 4.02. The first kappa shape index (κ1) is 34.7. The van der Waals surface area contributed by atoms with Crippen LogP contribution in [0.25, 0.3) is 11.1 Å². The summed E-state index contributed by atoms with van der Waals surface area (Å²) in [7, 11) is 0. The molecule has 0 saturated carbocycles. The molecule has 7 nitrogen and oxygen atoms in total. The third kappa shape index (κ3) is 10.4. The first-order chi connectivity index (χ1) is 20.4. The van der Waals surface area contributed by atoms with E-state index < -0.39 is 17.9 Å². The average molecular weight is 596 g/mol. The van der Waals surface area contributed by atoms with Crippen LogP contribution in [-0.2, 0) is 22.7 Å². The summed E-state index contributed by atoms with van der Waals surface area (Å²) in [6, 6.07) is 18.1. The summed E-state index contributed by atoms with van der Waals surface area (Å²) < 4.78 is 16.7. The van der Waals surface area contributed by atoms with E-state index in [1.165, 1.54) is 12.8 Å². The SMILES string of the molecule is CC.CCCC.CSCCC(NC(=O)c1ccc(COCc2ccc3c(c2)OCO3)cc1-c1ccccc1C)C(=O)O. The summed E-state index contributed by atoms with van der Waals surface area (Å²) in [5, 5.41) is 12.3. The van der Waals surface area contributed by atoms with E-state index in [1.807, 2.05) is 81.6 Å². The molecule has 0 saturated heterocycles. The number of fused-ring (bicyclic) bond motifs is 1. The molecule has 1 unspecified atom stereocenters. The first-order valence-corrected chi connectivity index (χ1v) is 15.9. The van der Waals surface area contributed by atoms with Crippen molar-refractivity contribution in [3.63, 3.8) is 0 Å². The lowest BCUT2D eigenvalue weighted by Gasteiger charge is -2.18. The first-order valence-electron chi connectivity index (χ1n) is 14.6. The zero-order valence-corrected chi connectivity index (χ0v) is 26.5. The normalized spacial score (nSPS) is 11.9. The molecule has 0 fully saturated rings. The lowest BCUT2D eigenvalue weighted by molar-refractivity contribution is -0.139. The maximum Gasteiger partial charge on any atom is 0.326 e. The van der Waals surface area contributed by atoms with Gasteiger partial charge in [0.15, 0.2) is 11.5 Å². The minimum absolute atomic E-state index is 0.228. The fraction of sp³-hybridized carbons (Fsp3) is 0.412. The Morgan fingerprint density at radius 2 is 1.57 bits per heavy atom. The molecule has 8 heteroatoms. The molecule has 0 bridgehead atoms. The van der Waals surface area contributed by atoms with Gasteiger partial charge in [0.25, 0.3) is 5.91 Å². The lowest BCUT2D eigenvalue weighted by Crippen LogP contribution is -2.41. The summed E-state index contributed by atoms with van der Waals surface area (Å²) in [4.78, 5) is 24.9. The Balaban J connectivity index is 0.000000947. The van der Waals surface area contributed by atoms with Crippen molar-refractivity contribution in [1.29, 1.82) is 0 Å². The predicted molar refractivity (Wildman–Crippen MR) is 171 cm³/mol. The Kier molecular flexibility index (Phi) is 15.6. The third-order valence-electron chi connectivity index (χ3n) is 6.45. The number of thioether (sulfide) groups is 1. The minimum atomic E-state index is -1.04. The van der Waals surface area contributed by atoms with Gasteiger partial charge in [-0.1, -0.05) is 76.9 Å². The van der Waals surface area contributed by atoms with E-state index >= 15 is 0 Å². The zero-order valence-electron chi connectivity index (χ0n) is 25.7. The van der Waals surface area contributed by atoms with Gasteiger partial charge in [0.1, 0.15) is 6.04 Å². The third-order valence-corrected chi connectivity index (χ3v) is 7.10. The van der Waals surface area contributed by atoms with E-state index in [9.17, 15) is 14.7 Å². The Bertz CT molecular complexity index is 1280. The molecular formula is C34H45NO6S. The number of aliphatic carboxylic acids is 1. The molecule has 2 N–H and O–H groups in total. The fourth-order valence-corrected chi connectivity index (χ4v) is 4.50. The molecule has 1 amide bonds. The molecule has 1 aliphatic rings. The minimum Gasteiger partial charge on any atom is -0.480 e. The number of carboxylic acid groups (broad SMARTS) is 1. The van der Waals surface area contributed by atoms with E-state index in [1.54, 1.807) is 17.8 Å². The van der Waals surface area contributed by atoms with Crippen LogP contribution < -0.4 is 14.8 Å². The number of carbonyl (C=O) groups is 2. The number of carbonyl (C=O) groups excluding carboxylic acids is 1. The summed E-state index contributed by atoms with van der Waals surface area (Å²) in [6.07, 6.45) is 4.90. The molecule has 1 aliphatic heterocycles. The molecule has 0 spiro atoms. The predicted octanol–water partition coefficient (Wildman–Crippen LogP) is 7.88. The van der Waals surface area contributed by atoms with Crippen LogP contribution in [0.2, 0.25) is 0 Å². The molecule has 4 rings (SSSR count). The average Bonchev–Trinajstić information content (AvgIpc) is 3.48. The van der Waals surface area contributed by atoms with Gasteiger partial charge in [0, 0.05) is 5.56 Å². The van der Waals surface area contributed by atoms with Gasteiger partial charge in [-0.3, -0.25) is 4.79 Å². The lowest BCUT2D eigenvalue weighted by atomic mass is 9.93. The molecule has 3 aromatic carbocycles. The molecule has 0 aliphatic carbocycles. The Morgan fingerprint density at radius 1 is 0.929 bits per heavy atom. The highest BCUT2D eigenvalue weighted by atomic mass is 32.2. The summed E-state index contributed by atoms with van der Waals surface area (Å²) in [5.41, 5.74) is 4.98. The largest absolute Gasteiger partial charge is 0.480 e. The maximum absolute atomic E-state index is 13.2. The summed E-state index contributed by atoms with van der Waals surface area (Å²) in [6.45, 7) is 11.3. The van der Waals surface area contributed by atoms with Gasteiger partial charge in [0.05, 0.1) is 13.2 Å². The second-order valence-electron chi connectivity index (χ2n) is 9.52. The van der Waals surface area contributed by atoms with Crippen LogP contribution in [0.15, 0.2) is 60.7 Å². The van der Waals surface area contributed by atoms with E-state index in [0.717, 1.165) is 33.6 Å². The Morgan fingerprint density at radius 3 is 2.21 bits per heavy atom. The van der Waals surface area contributed by atoms with Gasteiger partial charge in [-0.2, -0.15) is 11.8 Å². The molecule has 42 heavy (non-hydrogen) atoms. The van der Waals surface area contributed by atoms with Gasteiger partial charge in [-0.25, -0.2) is 4.79 Å². The highest BCUT2D eigenvalue weighted by Crippen LogP contribution is 2.33. The van der Waals surface area contributed by atoms with Crippen molar-refractivity contribution in [2.45, 2.75) is 73.1 Å². The zero-order chi connectivity index (χ0) is 30.9. The van der Waals surface area contributed by atoms with Gasteiger partial charge >= 0.3 is 5.97 Å². The van der Waals surface area contributed by atoms with Crippen molar-refractivity contribution in [2.75, 3.05) is 18.8 Å². The van der Waals surface area contributed by atoms with Gasteiger partial charge in [-0.15, -0.1) is 0 Å². The standard InChI is InChI=1S/C28H29NO6S.C4H10.C2H6/c1-18-5-3-4-6-21(18)23-13-19(15-33-16-20-8-10-25-26(14-20)35-17-34-25)7-9-22(23)27(30)29-24(28(31)32)11-12-36-2;1-3-4-2;1-2/h3-10,13-14,24H,11-12,15-17H2,1-2H3,(H,29,30)(H,31,32);3-4H2,1-2H3;1-2H3. The van der Waals surface area contributed by atoms with Crippen molar-refractivity contribution in [3.05, 3.63) is 82.9 Å². The van der Waals surface area contributed by atoms with Crippen LogP contribution >= 0.6 is 11.8 Å². The van der Waals surface area contributed by atoms with Crippen molar-refractivity contribution < 1.29 is 28.9 Å². The molecule has 1 heterocycles. The van der Waals surface area contributed by atoms with E-state index in [4.69, 9.17) is 14.2 Å². The highest BCUT2D eigenvalue weighted by molar-refractivity contribution is 7.98. The molecule has 0 aromatic heterocycles. The topological polar surface area (TPSA) is 94.1 Å². The quantitative estimate of drug-likeness (QED) is 0.220. The summed E-state index contributed by atoms with van der Waals surface area (Å²) >= 11 is 1.54. The van der Waals surface area contributed by atoms with Crippen molar-refractivity contribution in [2.24, 2.45) is 0 Å². The van der Waals surface area contributed by atoms with Crippen LogP contribution in [0, 0.1) is 6.92 Å². The van der Waals surface area contributed by atoms with E-state index in [2.05, 4.69) is 19.2 Å². The number of amides is 1. The van der Waals surface area contributed by atoms with Crippen LogP contribution in [0.4, 0.5) is 0 Å². The van der Waals surface area contributed by atoms with Crippen LogP contribution in [-0.4, -0.2) is 41.8 Å². The molecule has 1 atom stereocenters. The number of nitrogens with one attached hydrogen (secondary N) is 1. The highest BCUT2D eigenvalue weighted by Gasteiger charge is 2.23. The molecule has 0 radical (unpaired) electrons. The van der Waals surface area contributed by atoms with Gasteiger partial charge in [-0.05, 0) is 77.4 Å². The van der Waals surface area contributed by atoms with Crippen molar-refractivity contribution in [3.8, 4) is 22.6 Å². The number of hydrogen-bond donors (Lipinski definition) is 2. The van der Waals surface area contributed by atoms with Crippen molar-refractivity contribution >= 4 is 23.6 Å². The number of ether oxygens (including phenoxy) is 3. The van der Waals surface area contributed by atoms with Gasteiger partial charge < -0.3 is 24.6 Å². The number of hydrogen-bond acceptors (Lipinski definition) is 6. The molecule has 3 aromatic rings. The Hall–Kier alpha value is -3.49. The number of carboxylic acids is 1. The maximum atomic E-state index is 13.2. The second-order valence-corrected chi connectivity index (χ2v) is 10.5. The number of rotatable bonds is 12. The van der Waals surface area contributed by atoms with E-state index in [-0.39, 0.29) is 6.79 Å². The number of unbranched alkanes of at least 4 members (excludes halogenated alkanes) is 1.